The molecule has 1 aromatic carbocycles. The van der Waals surface area contributed by atoms with E-state index in [0.717, 1.165) is 11.3 Å². The molecule has 0 spiro atoms. The van der Waals surface area contributed by atoms with E-state index in [1.54, 1.807) is 24.1 Å². The van der Waals surface area contributed by atoms with Crippen molar-refractivity contribution in [2.75, 3.05) is 31.7 Å². The molecule has 8 heteroatoms. The van der Waals surface area contributed by atoms with E-state index >= 15 is 0 Å². The largest absolute Gasteiger partial charge is 0.497 e. The summed E-state index contributed by atoms with van der Waals surface area (Å²) in [6.07, 6.45) is -3.64. The molecule has 0 N–H and O–H groups in total. The summed E-state index contributed by atoms with van der Waals surface area (Å²) in [5, 5.41) is 0.243. The first-order valence-electron chi connectivity index (χ1n) is 8.13. The lowest BCUT2D eigenvalue weighted by molar-refractivity contribution is -0.0614. The zero-order valence-electron chi connectivity index (χ0n) is 14.2. The van der Waals surface area contributed by atoms with E-state index in [1.807, 2.05) is 24.3 Å². The molecule has 0 radical (unpaired) electrons. The molecule has 0 bridgehead atoms. The van der Waals surface area contributed by atoms with Gasteiger partial charge in [-0.15, -0.1) is 0 Å². The molecule has 1 fully saturated rings. The number of ether oxygens (including phenoxy) is 3. The van der Waals surface area contributed by atoms with Crippen molar-refractivity contribution in [1.82, 2.24) is 4.98 Å². The van der Waals surface area contributed by atoms with Gasteiger partial charge in [0.1, 0.15) is 23.6 Å². The molecule has 0 saturated carbocycles. The first-order chi connectivity index (χ1) is 12.5. The summed E-state index contributed by atoms with van der Waals surface area (Å²) < 4.78 is 41.7. The number of alkyl halides is 2. The highest BCUT2D eigenvalue weighted by molar-refractivity contribution is 6.29. The second-order valence-corrected chi connectivity index (χ2v) is 6.20. The van der Waals surface area contributed by atoms with E-state index in [2.05, 4.69) is 4.98 Å². The minimum atomic E-state index is -2.53. The topological polar surface area (TPSA) is 43.8 Å². The quantitative estimate of drug-likeness (QED) is 0.709. The monoisotopic (exact) mass is 384 g/mol. The summed E-state index contributed by atoms with van der Waals surface area (Å²) >= 11 is 6.08. The molecule has 1 unspecified atom stereocenters. The third-order valence-corrected chi connectivity index (χ3v) is 4.23. The summed E-state index contributed by atoms with van der Waals surface area (Å²) in [6, 6.07) is 10.8. The fourth-order valence-electron chi connectivity index (χ4n) is 2.66. The van der Waals surface area contributed by atoms with Gasteiger partial charge in [0, 0.05) is 24.8 Å². The summed E-state index contributed by atoms with van der Waals surface area (Å²) in [7, 11) is 1.60. The van der Waals surface area contributed by atoms with Gasteiger partial charge in [-0.3, -0.25) is 0 Å². The number of rotatable bonds is 6. The third-order valence-electron chi connectivity index (χ3n) is 4.04. The summed E-state index contributed by atoms with van der Waals surface area (Å²) in [5.41, 5.74) is 1.63. The van der Waals surface area contributed by atoms with Crippen molar-refractivity contribution in [3.05, 3.63) is 47.1 Å². The van der Waals surface area contributed by atoms with Crippen LogP contribution in [0.1, 0.15) is 5.56 Å². The standard InChI is InChI=1S/C18H19ClF2N2O3/c1-24-14-4-2-12(3-5-14)11-26-17-9-13(8-16(19)22-17)23-6-7-25-15(10-23)18(20)21/h2-5,8-9,15,18H,6-7,10-11H2,1H3. The van der Waals surface area contributed by atoms with Crippen LogP contribution in [0.25, 0.3) is 0 Å². The Morgan fingerprint density at radius 1 is 1.31 bits per heavy atom. The highest BCUT2D eigenvalue weighted by atomic mass is 35.5. The molecule has 1 atom stereocenters. The van der Waals surface area contributed by atoms with Crippen molar-refractivity contribution in [2.45, 2.75) is 19.1 Å². The smallest absolute Gasteiger partial charge is 0.266 e. The summed E-state index contributed by atoms with van der Waals surface area (Å²) in [6.45, 7) is 1.13. The maximum atomic E-state index is 12.9. The highest BCUT2D eigenvalue weighted by Gasteiger charge is 2.28. The van der Waals surface area contributed by atoms with E-state index in [1.165, 1.54) is 0 Å². The van der Waals surface area contributed by atoms with Crippen LogP contribution < -0.4 is 14.4 Å². The van der Waals surface area contributed by atoms with Gasteiger partial charge in [0.05, 0.1) is 13.7 Å². The number of anilines is 1. The van der Waals surface area contributed by atoms with Gasteiger partial charge >= 0.3 is 0 Å². The number of benzene rings is 1. The average Bonchev–Trinajstić information content (AvgIpc) is 2.66. The van der Waals surface area contributed by atoms with Crippen molar-refractivity contribution < 1.29 is 23.0 Å². The van der Waals surface area contributed by atoms with E-state index in [-0.39, 0.29) is 18.3 Å². The molecule has 1 saturated heterocycles. The van der Waals surface area contributed by atoms with Crippen molar-refractivity contribution in [2.24, 2.45) is 0 Å². The van der Waals surface area contributed by atoms with Crippen LogP contribution in [0.15, 0.2) is 36.4 Å². The highest BCUT2D eigenvalue weighted by Crippen LogP contribution is 2.27. The lowest BCUT2D eigenvalue weighted by atomic mass is 10.2. The second kappa shape index (κ2) is 8.51. The molecule has 0 amide bonds. The number of nitrogens with zero attached hydrogens (tertiary/aromatic N) is 2. The number of halogens is 3. The Hall–Kier alpha value is -2.12. The van der Waals surface area contributed by atoms with E-state index in [0.29, 0.717) is 24.7 Å². The molecule has 3 rings (SSSR count). The minimum Gasteiger partial charge on any atom is -0.497 e. The molecule has 1 aliphatic rings. The number of hydrogen-bond donors (Lipinski definition) is 0. The van der Waals surface area contributed by atoms with E-state index < -0.39 is 12.5 Å². The van der Waals surface area contributed by atoms with Crippen LogP contribution in [0, 0.1) is 0 Å². The number of hydrogen-bond acceptors (Lipinski definition) is 5. The third kappa shape index (κ3) is 4.74. The molecular formula is C18H19ClF2N2O3. The van der Waals surface area contributed by atoms with Gasteiger partial charge in [0.2, 0.25) is 5.88 Å². The van der Waals surface area contributed by atoms with Crippen LogP contribution in [-0.4, -0.2) is 44.3 Å². The van der Waals surface area contributed by atoms with Crippen LogP contribution >= 0.6 is 11.6 Å². The molecule has 26 heavy (non-hydrogen) atoms. The minimum absolute atomic E-state index is 0.0932. The zero-order chi connectivity index (χ0) is 18.5. The van der Waals surface area contributed by atoms with E-state index in [9.17, 15) is 8.78 Å². The lowest BCUT2D eigenvalue weighted by Crippen LogP contribution is -2.45. The Morgan fingerprint density at radius 3 is 2.77 bits per heavy atom. The van der Waals surface area contributed by atoms with Gasteiger partial charge in [0.25, 0.3) is 6.43 Å². The van der Waals surface area contributed by atoms with Crippen LogP contribution in [0.5, 0.6) is 11.6 Å². The number of pyridine rings is 1. The molecule has 2 heterocycles. The van der Waals surface area contributed by atoms with Crippen LogP contribution in [0.2, 0.25) is 5.15 Å². The molecule has 2 aromatic rings. The first kappa shape index (κ1) is 18.7. The fraction of sp³-hybridized carbons (Fsp3) is 0.389. The normalized spacial score (nSPS) is 17.4. The zero-order valence-corrected chi connectivity index (χ0v) is 15.0. The Labute approximate surface area is 155 Å². The van der Waals surface area contributed by atoms with Crippen LogP contribution in [0.3, 0.4) is 0 Å². The van der Waals surface area contributed by atoms with Gasteiger partial charge in [0.15, 0.2) is 0 Å². The molecule has 1 aliphatic heterocycles. The van der Waals surface area contributed by atoms with E-state index in [4.69, 9.17) is 25.8 Å². The SMILES string of the molecule is COc1ccc(COc2cc(N3CCOC(C(F)F)C3)cc(Cl)n2)cc1. The maximum absolute atomic E-state index is 12.9. The average molecular weight is 385 g/mol. The van der Waals surface area contributed by atoms with Crippen LogP contribution in [0.4, 0.5) is 14.5 Å². The lowest BCUT2D eigenvalue weighted by Gasteiger charge is -2.34. The Bertz CT molecular complexity index is 731. The molecule has 5 nitrogen and oxygen atoms in total. The molecule has 140 valence electrons. The van der Waals surface area contributed by atoms with Gasteiger partial charge in [-0.05, 0) is 23.8 Å². The van der Waals surface area contributed by atoms with Crippen molar-refractivity contribution >= 4 is 17.3 Å². The van der Waals surface area contributed by atoms with Gasteiger partial charge in [-0.25, -0.2) is 13.8 Å². The maximum Gasteiger partial charge on any atom is 0.266 e. The van der Waals surface area contributed by atoms with Gasteiger partial charge in [-0.2, -0.15) is 0 Å². The summed E-state index contributed by atoms with van der Waals surface area (Å²) in [5.74, 6) is 1.10. The molecule has 0 aliphatic carbocycles. The number of morpholine rings is 1. The summed E-state index contributed by atoms with van der Waals surface area (Å²) in [4.78, 5) is 5.94. The molecule has 1 aromatic heterocycles. The van der Waals surface area contributed by atoms with Gasteiger partial charge in [-0.1, -0.05) is 23.7 Å². The second-order valence-electron chi connectivity index (χ2n) is 5.81. The fourth-order valence-corrected chi connectivity index (χ4v) is 2.85. The molecular weight excluding hydrogens is 366 g/mol. The Balaban J connectivity index is 1.68. The van der Waals surface area contributed by atoms with Gasteiger partial charge < -0.3 is 19.1 Å². The van der Waals surface area contributed by atoms with Crippen LogP contribution in [-0.2, 0) is 11.3 Å². The predicted molar refractivity (Wildman–Crippen MR) is 94.5 cm³/mol. The number of methoxy groups -OCH3 is 1. The predicted octanol–water partition coefficient (Wildman–Crippen LogP) is 3.79. The Kier molecular flexibility index (Phi) is 6.11. The number of aromatic nitrogens is 1. The first-order valence-corrected chi connectivity index (χ1v) is 8.51. The Morgan fingerprint density at radius 2 is 2.08 bits per heavy atom. The van der Waals surface area contributed by atoms with Crippen molar-refractivity contribution in [3.8, 4) is 11.6 Å². The van der Waals surface area contributed by atoms with Crippen molar-refractivity contribution in [3.63, 3.8) is 0 Å². The van der Waals surface area contributed by atoms with Crippen molar-refractivity contribution in [1.29, 1.82) is 0 Å².